The summed E-state index contributed by atoms with van der Waals surface area (Å²) < 4.78 is 8.45. The quantitative estimate of drug-likeness (QED) is 0.293. The number of aliphatic hydroxyl groups is 1. The van der Waals surface area contributed by atoms with E-state index in [9.17, 15) is 10.2 Å². The van der Waals surface area contributed by atoms with Gasteiger partial charge in [-0.05, 0) is 80.9 Å². The number of halogens is 1. The van der Waals surface area contributed by atoms with Gasteiger partial charge in [0, 0.05) is 23.9 Å². The summed E-state index contributed by atoms with van der Waals surface area (Å²) >= 11 is 5.82. The molecule has 2 aromatic rings. The molecular weight excluding hydrogens is 462 g/mol. The van der Waals surface area contributed by atoms with Gasteiger partial charge in [0.25, 0.3) is 0 Å². The first-order chi connectivity index (χ1) is 16.6. The minimum atomic E-state index is -0.281. The molecule has 194 valence electrons. The fraction of sp³-hybridized carbons (Fsp3) is 0.714. The molecule has 1 aliphatic heterocycles. The van der Waals surface area contributed by atoms with Gasteiger partial charge < -0.3 is 14.9 Å². The van der Waals surface area contributed by atoms with Crippen molar-refractivity contribution in [2.45, 2.75) is 109 Å². The fourth-order valence-corrected chi connectivity index (χ4v) is 6.51. The molecule has 0 unspecified atom stereocenters. The maximum absolute atomic E-state index is 11.3. The Labute approximate surface area is 215 Å². The van der Waals surface area contributed by atoms with Gasteiger partial charge in [0.15, 0.2) is 0 Å². The second kappa shape index (κ2) is 10.7. The van der Waals surface area contributed by atoms with E-state index >= 15 is 0 Å². The maximum Gasteiger partial charge on any atom is 0.127 e. The Balaban J connectivity index is 1.55. The number of hydrogen-bond acceptors (Lipinski definition) is 5. The Morgan fingerprint density at radius 2 is 1.94 bits per heavy atom. The van der Waals surface area contributed by atoms with E-state index in [2.05, 4.69) is 44.1 Å². The van der Waals surface area contributed by atoms with Crippen LogP contribution >= 0.6 is 11.6 Å². The Morgan fingerprint density at radius 1 is 1.17 bits per heavy atom. The average molecular weight is 504 g/mol. The largest absolute Gasteiger partial charge is 0.508 e. The van der Waals surface area contributed by atoms with E-state index in [4.69, 9.17) is 16.3 Å². The lowest BCUT2D eigenvalue weighted by atomic mass is 9.63. The highest BCUT2D eigenvalue weighted by Crippen LogP contribution is 2.56. The summed E-state index contributed by atoms with van der Waals surface area (Å²) in [6.07, 6.45) is 10.6. The van der Waals surface area contributed by atoms with Crippen LogP contribution in [0.25, 0.3) is 0 Å². The van der Waals surface area contributed by atoms with Crippen LogP contribution in [0.1, 0.15) is 102 Å². The van der Waals surface area contributed by atoms with Crippen molar-refractivity contribution in [1.82, 2.24) is 15.0 Å². The van der Waals surface area contributed by atoms with E-state index < -0.39 is 0 Å². The van der Waals surface area contributed by atoms with Crippen LogP contribution in [0, 0.1) is 11.8 Å². The summed E-state index contributed by atoms with van der Waals surface area (Å²) in [6, 6.07) is 4.19. The zero-order chi connectivity index (χ0) is 25.2. The standard InChI is InChI=1S/C28H42ClN3O3/c1-27(2,11-7-5-6-8-12-29)20-14-24(34)26-22-13-19(16-32-17-21(18-33)30-31-32)9-10-23(22)28(3,4)35-25(26)15-20/h14-15,17,19,22-23,33-34H,5-13,16,18H2,1-4H3/t19-,22-,23-/m1/s1. The number of phenols is 1. The summed E-state index contributed by atoms with van der Waals surface area (Å²) in [6.45, 7) is 9.62. The first-order valence-corrected chi connectivity index (χ1v) is 13.8. The van der Waals surface area contributed by atoms with Crippen LogP contribution in [-0.4, -0.2) is 36.7 Å². The lowest BCUT2D eigenvalue weighted by Gasteiger charge is -2.49. The predicted octanol–water partition coefficient (Wildman–Crippen LogP) is 6.31. The number of benzene rings is 1. The summed E-state index contributed by atoms with van der Waals surface area (Å²) in [5.74, 6) is 3.02. The number of hydrogen-bond donors (Lipinski definition) is 2. The molecular formula is C28H42ClN3O3. The van der Waals surface area contributed by atoms with Crippen LogP contribution in [0.15, 0.2) is 18.3 Å². The number of rotatable bonds is 10. The number of nitrogens with zero attached hydrogens (tertiary/aromatic N) is 3. The average Bonchev–Trinajstić information content (AvgIpc) is 3.25. The summed E-state index contributed by atoms with van der Waals surface area (Å²) in [5, 5.41) is 28.8. The van der Waals surface area contributed by atoms with Gasteiger partial charge in [0.2, 0.25) is 0 Å². The van der Waals surface area contributed by atoms with Gasteiger partial charge in [0.05, 0.1) is 12.8 Å². The van der Waals surface area contributed by atoms with Crippen molar-refractivity contribution >= 4 is 11.6 Å². The second-order valence-electron chi connectivity index (χ2n) is 11.8. The summed E-state index contributed by atoms with van der Waals surface area (Å²) in [5.41, 5.74) is 2.41. The van der Waals surface area contributed by atoms with Crippen LogP contribution in [0.2, 0.25) is 0 Å². The molecule has 3 atom stereocenters. The third-order valence-corrected chi connectivity index (χ3v) is 8.64. The van der Waals surface area contributed by atoms with Crippen molar-refractivity contribution in [3.05, 3.63) is 35.2 Å². The third kappa shape index (κ3) is 5.80. The highest BCUT2D eigenvalue weighted by atomic mass is 35.5. The minimum Gasteiger partial charge on any atom is -0.508 e. The van der Waals surface area contributed by atoms with Crippen molar-refractivity contribution in [2.75, 3.05) is 5.88 Å². The molecule has 4 rings (SSSR count). The first kappa shape index (κ1) is 26.3. The van der Waals surface area contributed by atoms with Crippen LogP contribution in [0.3, 0.4) is 0 Å². The number of phenolic OH excluding ortho intramolecular Hbond substituents is 1. The molecule has 35 heavy (non-hydrogen) atoms. The highest BCUT2D eigenvalue weighted by molar-refractivity contribution is 6.17. The SMILES string of the molecule is CC(C)(CCCCCCCl)c1cc(O)c2c(c1)OC(C)(C)[C@@H]1CC[C@@H](Cn3cc(CO)nn3)C[C@@H]21. The molecule has 2 heterocycles. The zero-order valence-corrected chi connectivity index (χ0v) is 22.5. The van der Waals surface area contributed by atoms with Gasteiger partial charge in [-0.25, -0.2) is 0 Å². The van der Waals surface area contributed by atoms with Crippen molar-refractivity contribution in [3.8, 4) is 11.5 Å². The normalized spacial score (nSPS) is 23.4. The molecule has 0 bridgehead atoms. The fourth-order valence-electron chi connectivity index (χ4n) is 6.32. The molecule has 0 saturated heterocycles. The van der Waals surface area contributed by atoms with E-state index in [1.54, 1.807) is 0 Å². The molecule has 0 spiro atoms. The Bertz CT molecular complexity index is 1000. The molecule has 1 aromatic heterocycles. The number of unbranched alkanes of at least 4 members (excludes halogenated alkanes) is 3. The molecule has 0 radical (unpaired) electrons. The molecule has 6 nitrogen and oxygen atoms in total. The number of fused-ring (bicyclic) bond motifs is 3. The van der Waals surface area contributed by atoms with Gasteiger partial charge >= 0.3 is 0 Å². The van der Waals surface area contributed by atoms with E-state index in [-0.39, 0.29) is 23.5 Å². The highest BCUT2D eigenvalue weighted by Gasteiger charge is 2.48. The van der Waals surface area contributed by atoms with Gasteiger partial charge in [-0.15, -0.1) is 16.7 Å². The lowest BCUT2D eigenvalue weighted by molar-refractivity contribution is -0.0178. The molecule has 2 aliphatic rings. The van der Waals surface area contributed by atoms with Crippen molar-refractivity contribution in [2.24, 2.45) is 11.8 Å². The molecule has 0 amide bonds. The van der Waals surface area contributed by atoms with Gasteiger partial charge in [0.1, 0.15) is 22.8 Å². The van der Waals surface area contributed by atoms with Gasteiger partial charge in [-0.2, -0.15) is 0 Å². The van der Waals surface area contributed by atoms with E-state index in [0.29, 0.717) is 23.3 Å². The van der Waals surface area contributed by atoms with E-state index in [0.717, 1.165) is 67.8 Å². The number of aromatic nitrogens is 3. The van der Waals surface area contributed by atoms with E-state index in [1.165, 1.54) is 12.8 Å². The number of aliphatic hydroxyl groups excluding tert-OH is 1. The van der Waals surface area contributed by atoms with Crippen LogP contribution in [-0.2, 0) is 18.6 Å². The molecule has 7 heteroatoms. The van der Waals surface area contributed by atoms with Gasteiger partial charge in [-0.1, -0.05) is 38.3 Å². The van der Waals surface area contributed by atoms with Crippen molar-refractivity contribution in [3.63, 3.8) is 0 Å². The Kier molecular flexibility index (Phi) is 8.02. The van der Waals surface area contributed by atoms with Crippen molar-refractivity contribution in [1.29, 1.82) is 0 Å². The number of alkyl halides is 1. The third-order valence-electron chi connectivity index (χ3n) is 8.38. The first-order valence-electron chi connectivity index (χ1n) is 13.3. The summed E-state index contributed by atoms with van der Waals surface area (Å²) in [4.78, 5) is 0. The molecule has 1 aromatic carbocycles. The molecule has 2 N–H and O–H groups in total. The lowest BCUT2D eigenvalue weighted by Crippen LogP contribution is -2.47. The maximum atomic E-state index is 11.3. The molecule has 1 fully saturated rings. The number of ether oxygens (including phenoxy) is 1. The van der Waals surface area contributed by atoms with Crippen LogP contribution in [0.4, 0.5) is 0 Å². The van der Waals surface area contributed by atoms with Gasteiger partial charge in [-0.3, -0.25) is 4.68 Å². The van der Waals surface area contributed by atoms with E-state index in [1.807, 2.05) is 16.9 Å². The second-order valence-corrected chi connectivity index (χ2v) is 12.2. The Hall–Kier alpha value is -1.79. The van der Waals surface area contributed by atoms with Crippen LogP contribution in [0.5, 0.6) is 11.5 Å². The zero-order valence-electron chi connectivity index (χ0n) is 21.8. The summed E-state index contributed by atoms with van der Waals surface area (Å²) in [7, 11) is 0. The van der Waals surface area contributed by atoms with Crippen molar-refractivity contribution < 1.29 is 14.9 Å². The number of aromatic hydroxyl groups is 1. The molecule has 1 aliphatic carbocycles. The molecule has 1 saturated carbocycles. The topological polar surface area (TPSA) is 80.4 Å². The smallest absolute Gasteiger partial charge is 0.127 e. The van der Waals surface area contributed by atoms with Crippen LogP contribution < -0.4 is 4.74 Å². The monoisotopic (exact) mass is 503 g/mol. The minimum absolute atomic E-state index is 0.0373. The Morgan fingerprint density at radius 3 is 2.66 bits per heavy atom. The predicted molar refractivity (Wildman–Crippen MR) is 139 cm³/mol.